The van der Waals surface area contributed by atoms with E-state index in [0.29, 0.717) is 27.8 Å². The van der Waals surface area contributed by atoms with Crippen molar-refractivity contribution in [2.45, 2.75) is 0 Å². The maximum absolute atomic E-state index is 9.22. The molecule has 0 spiro atoms. The fourth-order valence-corrected chi connectivity index (χ4v) is 2.76. The van der Waals surface area contributed by atoms with Gasteiger partial charge in [0.1, 0.15) is 11.1 Å². The predicted molar refractivity (Wildman–Crippen MR) is 78.5 cm³/mol. The Bertz CT molecular complexity index is 674. The molecule has 0 radical (unpaired) electrons. The molecule has 0 bridgehead atoms. The number of methoxy groups -OCH3 is 3. The van der Waals surface area contributed by atoms with Crippen LogP contribution in [0.4, 0.5) is 5.00 Å². The lowest BCUT2D eigenvalue weighted by Gasteiger charge is -2.15. The number of ether oxygens (including phenoxy) is 3. The lowest BCUT2D eigenvalue weighted by atomic mass is 10.0. The van der Waals surface area contributed by atoms with Crippen LogP contribution in [0.3, 0.4) is 0 Å². The Labute approximate surface area is 121 Å². The van der Waals surface area contributed by atoms with E-state index in [2.05, 4.69) is 6.07 Å². The molecule has 20 heavy (non-hydrogen) atoms. The molecule has 6 heteroatoms. The Morgan fingerprint density at radius 1 is 1.05 bits per heavy atom. The second-order valence-electron chi connectivity index (χ2n) is 3.88. The summed E-state index contributed by atoms with van der Waals surface area (Å²) in [5.74, 6) is 1.57. The summed E-state index contributed by atoms with van der Waals surface area (Å²) in [6, 6.07) is 5.71. The van der Waals surface area contributed by atoms with Crippen molar-refractivity contribution in [1.29, 1.82) is 5.26 Å². The van der Waals surface area contributed by atoms with E-state index < -0.39 is 0 Å². The molecule has 1 aromatic carbocycles. The smallest absolute Gasteiger partial charge is 0.203 e. The average Bonchev–Trinajstić information content (AvgIpc) is 2.85. The molecule has 0 unspecified atom stereocenters. The molecule has 2 rings (SSSR count). The minimum atomic E-state index is 0.445. The first-order chi connectivity index (χ1) is 9.67. The number of hydrogen-bond donors (Lipinski definition) is 1. The van der Waals surface area contributed by atoms with Crippen LogP contribution in [0.5, 0.6) is 17.2 Å². The number of nitrogens with zero attached hydrogens (tertiary/aromatic N) is 1. The van der Waals surface area contributed by atoms with Crippen molar-refractivity contribution in [2.24, 2.45) is 0 Å². The van der Waals surface area contributed by atoms with Crippen LogP contribution in [0.25, 0.3) is 11.1 Å². The maximum atomic E-state index is 9.22. The highest BCUT2D eigenvalue weighted by molar-refractivity contribution is 7.14. The number of anilines is 1. The van der Waals surface area contributed by atoms with Gasteiger partial charge in [0.25, 0.3) is 0 Å². The van der Waals surface area contributed by atoms with Gasteiger partial charge in [-0.15, -0.1) is 11.3 Å². The minimum Gasteiger partial charge on any atom is -0.493 e. The molecule has 2 aromatic rings. The van der Waals surface area contributed by atoms with Crippen LogP contribution in [0.1, 0.15) is 5.56 Å². The average molecular weight is 290 g/mol. The maximum Gasteiger partial charge on any atom is 0.203 e. The standard InChI is InChI=1S/C14H14N2O3S/c1-17-11-5-4-8(12(18-2)13(11)19-3)10-7-20-14(16)9(10)6-15/h4-5,7H,16H2,1-3H3. The van der Waals surface area contributed by atoms with Gasteiger partial charge in [0, 0.05) is 16.5 Å². The highest BCUT2D eigenvalue weighted by Crippen LogP contribution is 2.46. The zero-order valence-corrected chi connectivity index (χ0v) is 12.2. The monoisotopic (exact) mass is 290 g/mol. The Kier molecular flexibility index (Phi) is 4.01. The summed E-state index contributed by atoms with van der Waals surface area (Å²) in [6.45, 7) is 0. The van der Waals surface area contributed by atoms with E-state index in [0.717, 1.165) is 11.1 Å². The topological polar surface area (TPSA) is 77.5 Å². The zero-order chi connectivity index (χ0) is 14.7. The van der Waals surface area contributed by atoms with E-state index in [-0.39, 0.29) is 0 Å². The van der Waals surface area contributed by atoms with E-state index in [9.17, 15) is 5.26 Å². The number of nitriles is 1. The van der Waals surface area contributed by atoms with Crippen molar-refractivity contribution < 1.29 is 14.2 Å². The van der Waals surface area contributed by atoms with Gasteiger partial charge in [0.2, 0.25) is 5.75 Å². The third kappa shape index (κ3) is 2.12. The van der Waals surface area contributed by atoms with Gasteiger partial charge in [-0.2, -0.15) is 5.26 Å². The van der Waals surface area contributed by atoms with Crippen molar-refractivity contribution >= 4 is 16.3 Å². The summed E-state index contributed by atoms with van der Waals surface area (Å²) >= 11 is 1.32. The summed E-state index contributed by atoms with van der Waals surface area (Å²) < 4.78 is 16.0. The third-order valence-corrected chi connectivity index (χ3v) is 3.74. The predicted octanol–water partition coefficient (Wildman–Crippen LogP) is 2.89. The lowest BCUT2D eigenvalue weighted by Crippen LogP contribution is -1.97. The fraction of sp³-hybridized carbons (Fsp3) is 0.214. The molecular weight excluding hydrogens is 276 g/mol. The van der Waals surface area contributed by atoms with Gasteiger partial charge in [-0.05, 0) is 12.1 Å². The van der Waals surface area contributed by atoms with Crippen LogP contribution in [0, 0.1) is 11.3 Å². The molecule has 0 atom stereocenters. The van der Waals surface area contributed by atoms with Gasteiger partial charge in [0.05, 0.1) is 26.9 Å². The summed E-state index contributed by atoms with van der Waals surface area (Å²) in [4.78, 5) is 0. The Hall–Kier alpha value is -2.39. The molecule has 0 amide bonds. The highest BCUT2D eigenvalue weighted by atomic mass is 32.1. The molecule has 2 N–H and O–H groups in total. The van der Waals surface area contributed by atoms with Crippen molar-refractivity contribution in [3.8, 4) is 34.4 Å². The second kappa shape index (κ2) is 5.72. The number of benzene rings is 1. The molecule has 1 heterocycles. The van der Waals surface area contributed by atoms with Crippen LogP contribution < -0.4 is 19.9 Å². The first-order valence-corrected chi connectivity index (χ1v) is 6.62. The molecule has 5 nitrogen and oxygen atoms in total. The molecule has 0 aliphatic rings. The molecule has 1 aromatic heterocycles. The van der Waals surface area contributed by atoms with E-state index in [4.69, 9.17) is 19.9 Å². The lowest BCUT2D eigenvalue weighted by molar-refractivity contribution is 0.325. The van der Waals surface area contributed by atoms with E-state index in [1.807, 2.05) is 11.4 Å². The summed E-state index contributed by atoms with van der Waals surface area (Å²) in [7, 11) is 4.64. The fourth-order valence-electron chi connectivity index (χ4n) is 2.00. The van der Waals surface area contributed by atoms with Crippen molar-refractivity contribution in [1.82, 2.24) is 0 Å². The quantitative estimate of drug-likeness (QED) is 0.936. The molecule has 104 valence electrons. The van der Waals surface area contributed by atoms with Crippen molar-refractivity contribution in [2.75, 3.05) is 27.1 Å². The normalized spacial score (nSPS) is 9.90. The van der Waals surface area contributed by atoms with Crippen LogP contribution in [0.15, 0.2) is 17.5 Å². The van der Waals surface area contributed by atoms with Gasteiger partial charge < -0.3 is 19.9 Å². The van der Waals surface area contributed by atoms with Crippen LogP contribution >= 0.6 is 11.3 Å². The Morgan fingerprint density at radius 3 is 2.30 bits per heavy atom. The SMILES string of the molecule is COc1ccc(-c2csc(N)c2C#N)c(OC)c1OC. The third-order valence-electron chi connectivity index (χ3n) is 2.93. The zero-order valence-electron chi connectivity index (χ0n) is 11.4. The Morgan fingerprint density at radius 2 is 1.75 bits per heavy atom. The van der Waals surface area contributed by atoms with E-state index in [1.165, 1.54) is 18.4 Å². The van der Waals surface area contributed by atoms with Crippen molar-refractivity contribution in [3.05, 3.63) is 23.1 Å². The molecule has 0 saturated carbocycles. The summed E-state index contributed by atoms with van der Waals surface area (Å²) in [5.41, 5.74) is 7.73. The van der Waals surface area contributed by atoms with Gasteiger partial charge in [0.15, 0.2) is 11.5 Å². The molecular formula is C14H14N2O3S. The largest absolute Gasteiger partial charge is 0.493 e. The first kappa shape index (κ1) is 14.0. The molecule has 0 aliphatic carbocycles. The summed E-state index contributed by atoms with van der Waals surface area (Å²) in [6.07, 6.45) is 0. The summed E-state index contributed by atoms with van der Waals surface area (Å²) in [5, 5.41) is 11.5. The number of rotatable bonds is 4. The molecule has 0 saturated heterocycles. The van der Waals surface area contributed by atoms with Crippen LogP contribution in [-0.2, 0) is 0 Å². The number of hydrogen-bond acceptors (Lipinski definition) is 6. The van der Waals surface area contributed by atoms with E-state index in [1.54, 1.807) is 20.3 Å². The van der Waals surface area contributed by atoms with E-state index >= 15 is 0 Å². The molecule has 0 fully saturated rings. The first-order valence-electron chi connectivity index (χ1n) is 5.74. The number of nitrogens with two attached hydrogens (primary N) is 1. The van der Waals surface area contributed by atoms with Crippen LogP contribution in [-0.4, -0.2) is 21.3 Å². The molecule has 0 aliphatic heterocycles. The van der Waals surface area contributed by atoms with Gasteiger partial charge >= 0.3 is 0 Å². The number of nitrogen functional groups attached to an aromatic ring is 1. The van der Waals surface area contributed by atoms with Gasteiger partial charge in [-0.25, -0.2) is 0 Å². The minimum absolute atomic E-state index is 0.445. The Balaban J connectivity index is 2.72. The number of thiophene rings is 1. The highest BCUT2D eigenvalue weighted by Gasteiger charge is 2.20. The van der Waals surface area contributed by atoms with Gasteiger partial charge in [-0.3, -0.25) is 0 Å². The van der Waals surface area contributed by atoms with Crippen molar-refractivity contribution in [3.63, 3.8) is 0 Å². The van der Waals surface area contributed by atoms with Crippen LogP contribution in [0.2, 0.25) is 0 Å². The second-order valence-corrected chi connectivity index (χ2v) is 4.79. The van der Waals surface area contributed by atoms with Gasteiger partial charge in [-0.1, -0.05) is 0 Å².